The number of piperazine rings is 1. The minimum absolute atomic E-state index is 0.0848. The molecule has 1 N–H and O–H groups in total. The van der Waals surface area contributed by atoms with Crippen molar-refractivity contribution in [2.45, 2.75) is 60.0 Å². The second-order valence-electron chi connectivity index (χ2n) is 7.53. The summed E-state index contributed by atoms with van der Waals surface area (Å²) in [6.07, 6.45) is 28.0. The normalized spacial score (nSPS) is 26.4. The van der Waals surface area contributed by atoms with Crippen molar-refractivity contribution in [1.29, 1.82) is 0 Å². The summed E-state index contributed by atoms with van der Waals surface area (Å²) in [5.41, 5.74) is 0. The fraction of sp³-hybridized carbons (Fsp3) is 0.440. The summed E-state index contributed by atoms with van der Waals surface area (Å²) in [5.74, 6) is 1.13. The van der Waals surface area contributed by atoms with Crippen LogP contribution in [-0.2, 0) is 0 Å². The predicted molar refractivity (Wildman–Crippen MR) is 131 cm³/mol. The highest BCUT2D eigenvalue weighted by molar-refractivity contribution is 5.23. The Hall–Kier alpha value is -3.02. The minimum Gasteiger partial charge on any atom is -0.370 e. The lowest BCUT2D eigenvalue weighted by Crippen LogP contribution is -2.66. The summed E-state index contributed by atoms with van der Waals surface area (Å²) < 4.78 is 0. The number of nitrogens with zero attached hydrogens (tertiary/aromatic N) is 5. The molecule has 2 aliphatic heterocycles. The number of rotatable bonds is 8. The van der Waals surface area contributed by atoms with Gasteiger partial charge in [0.05, 0.1) is 6.54 Å². The summed E-state index contributed by atoms with van der Waals surface area (Å²) in [7, 11) is 2.07. The number of hydrogen-bond donors (Lipinski definition) is 1. The number of allylic oxidation sites excluding steroid dienone is 6. The maximum atomic E-state index is 3.58. The van der Waals surface area contributed by atoms with E-state index in [9.17, 15) is 0 Å². The molecule has 2 saturated heterocycles. The first kappa shape index (κ1) is 24.3. The van der Waals surface area contributed by atoms with Gasteiger partial charge in [0.25, 0.3) is 0 Å². The van der Waals surface area contributed by atoms with Crippen LogP contribution in [0.1, 0.15) is 41.5 Å². The van der Waals surface area contributed by atoms with Gasteiger partial charge < -0.3 is 29.8 Å². The highest BCUT2D eigenvalue weighted by atomic mass is 15.6. The van der Waals surface area contributed by atoms with Gasteiger partial charge in [-0.05, 0) is 66.3 Å². The van der Waals surface area contributed by atoms with Crippen molar-refractivity contribution in [2.24, 2.45) is 0 Å². The summed E-state index contributed by atoms with van der Waals surface area (Å²) in [6, 6.07) is 0. The SMILES string of the molecule is CC=CN[C@H]1CN(/C=C/C)C2C(N(/C=C\C)/C(=C/N(C)C=CC)N2/C=C\C)N1/C=C/C. The van der Waals surface area contributed by atoms with E-state index in [1.165, 1.54) is 0 Å². The zero-order valence-corrected chi connectivity index (χ0v) is 20.2. The zero-order chi connectivity index (χ0) is 22.8. The van der Waals surface area contributed by atoms with E-state index < -0.39 is 0 Å². The van der Waals surface area contributed by atoms with Gasteiger partial charge in [-0.2, -0.15) is 0 Å². The van der Waals surface area contributed by atoms with Gasteiger partial charge in [0.1, 0.15) is 24.3 Å². The second-order valence-corrected chi connectivity index (χ2v) is 7.53. The van der Waals surface area contributed by atoms with Crippen LogP contribution in [0.25, 0.3) is 0 Å². The fourth-order valence-corrected chi connectivity index (χ4v) is 4.20. The van der Waals surface area contributed by atoms with Crippen LogP contribution in [0.5, 0.6) is 0 Å². The molecule has 6 heteroatoms. The van der Waals surface area contributed by atoms with E-state index in [1.807, 2.05) is 32.2 Å². The Morgan fingerprint density at radius 1 is 0.774 bits per heavy atom. The second kappa shape index (κ2) is 12.0. The first-order chi connectivity index (χ1) is 15.1. The van der Waals surface area contributed by atoms with Gasteiger partial charge in [-0.3, -0.25) is 0 Å². The molecule has 3 atom stereocenters. The van der Waals surface area contributed by atoms with Gasteiger partial charge in [0, 0.05) is 25.6 Å². The molecule has 2 fully saturated rings. The van der Waals surface area contributed by atoms with E-state index in [0.29, 0.717) is 0 Å². The Morgan fingerprint density at radius 3 is 1.94 bits per heavy atom. The lowest BCUT2D eigenvalue weighted by molar-refractivity contribution is -0.0249. The molecule has 6 nitrogen and oxygen atoms in total. The molecule has 2 unspecified atom stereocenters. The van der Waals surface area contributed by atoms with Gasteiger partial charge >= 0.3 is 0 Å². The maximum absolute atomic E-state index is 3.58. The number of hydrogen-bond acceptors (Lipinski definition) is 6. The Labute approximate surface area is 189 Å². The lowest BCUT2D eigenvalue weighted by Gasteiger charge is -2.50. The van der Waals surface area contributed by atoms with E-state index in [4.69, 9.17) is 0 Å². The van der Waals surface area contributed by atoms with Gasteiger partial charge in [-0.1, -0.05) is 36.5 Å². The molecule has 2 heterocycles. The standard InChI is InChI=1S/C25H40N6/c1-8-14-26-22-20-28(16-10-3)24-25(29(22)17-11-4)31(19-13-6)23(30(24)18-12-5)21-27(7)15-9-2/h8-19,21-22,24-26H,20H2,1-7H3/b14-8?,15-9?,16-10+,17-11+,18-12-,19-13-,23-21+/t22-,24?,25?/m1/s1. The molecule has 0 aliphatic carbocycles. The third kappa shape index (κ3) is 5.37. The van der Waals surface area contributed by atoms with Crippen LogP contribution >= 0.6 is 0 Å². The van der Waals surface area contributed by atoms with Crippen LogP contribution in [0.15, 0.2) is 85.7 Å². The predicted octanol–water partition coefficient (Wildman–Crippen LogP) is 4.72. The fourth-order valence-electron chi connectivity index (χ4n) is 4.20. The van der Waals surface area contributed by atoms with Crippen LogP contribution in [0.4, 0.5) is 0 Å². The van der Waals surface area contributed by atoms with Crippen LogP contribution < -0.4 is 5.32 Å². The van der Waals surface area contributed by atoms with E-state index in [0.717, 1.165) is 12.4 Å². The molecule has 2 aliphatic rings. The summed E-state index contributed by atoms with van der Waals surface area (Å²) in [6.45, 7) is 13.2. The summed E-state index contributed by atoms with van der Waals surface area (Å²) in [4.78, 5) is 11.7. The smallest absolute Gasteiger partial charge is 0.148 e. The maximum Gasteiger partial charge on any atom is 0.148 e. The summed E-state index contributed by atoms with van der Waals surface area (Å²) in [5, 5.41) is 3.58. The van der Waals surface area contributed by atoms with E-state index in [-0.39, 0.29) is 18.5 Å². The van der Waals surface area contributed by atoms with Gasteiger partial charge in [-0.15, -0.1) is 0 Å². The molecule has 2 rings (SSSR count). The molecular weight excluding hydrogens is 384 g/mol. The van der Waals surface area contributed by atoms with Crippen molar-refractivity contribution in [1.82, 2.24) is 29.8 Å². The van der Waals surface area contributed by atoms with Crippen LogP contribution in [0.2, 0.25) is 0 Å². The molecule has 170 valence electrons. The number of fused-ring (bicyclic) bond motifs is 1. The molecule has 0 radical (unpaired) electrons. The molecule has 0 bridgehead atoms. The third-order valence-corrected chi connectivity index (χ3v) is 5.19. The zero-order valence-electron chi connectivity index (χ0n) is 20.2. The Bertz CT molecular complexity index is 760. The van der Waals surface area contributed by atoms with Gasteiger partial charge in [-0.25, -0.2) is 0 Å². The Kier molecular flexibility index (Phi) is 9.38. The van der Waals surface area contributed by atoms with E-state index >= 15 is 0 Å². The molecule has 0 aromatic carbocycles. The Morgan fingerprint density at radius 2 is 1.39 bits per heavy atom. The molecular formula is C25H40N6. The topological polar surface area (TPSA) is 28.2 Å². The Balaban J connectivity index is 2.69. The molecule has 0 aromatic heterocycles. The van der Waals surface area contributed by atoms with Gasteiger partial charge in [0.2, 0.25) is 0 Å². The largest absolute Gasteiger partial charge is 0.370 e. The average Bonchev–Trinajstić information content (AvgIpc) is 3.03. The minimum atomic E-state index is 0.0848. The molecule has 0 spiro atoms. The van der Waals surface area contributed by atoms with Crippen molar-refractivity contribution in [3.63, 3.8) is 0 Å². The average molecular weight is 425 g/mol. The van der Waals surface area contributed by atoms with Crippen molar-refractivity contribution in [3.8, 4) is 0 Å². The lowest BCUT2D eigenvalue weighted by atomic mass is 10.1. The van der Waals surface area contributed by atoms with Crippen LogP contribution in [0, 0.1) is 0 Å². The molecule has 0 aromatic rings. The van der Waals surface area contributed by atoms with Gasteiger partial charge in [0.15, 0.2) is 0 Å². The van der Waals surface area contributed by atoms with E-state index in [2.05, 4.69) is 126 Å². The summed E-state index contributed by atoms with van der Waals surface area (Å²) >= 11 is 0. The quantitative estimate of drug-likeness (QED) is 0.606. The molecule has 31 heavy (non-hydrogen) atoms. The first-order valence-corrected chi connectivity index (χ1v) is 11.1. The van der Waals surface area contributed by atoms with Crippen molar-refractivity contribution in [3.05, 3.63) is 85.7 Å². The monoisotopic (exact) mass is 424 g/mol. The molecule has 0 saturated carbocycles. The number of nitrogens with one attached hydrogen (secondary N) is 1. The van der Waals surface area contributed by atoms with Crippen LogP contribution in [0.3, 0.4) is 0 Å². The third-order valence-electron chi connectivity index (χ3n) is 5.19. The first-order valence-electron chi connectivity index (χ1n) is 11.1. The van der Waals surface area contributed by atoms with Crippen molar-refractivity contribution < 1.29 is 0 Å². The molecule has 0 amide bonds. The van der Waals surface area contributed by atoms with Crippen molar-refractivity contribution >= 4 is 0 Å². The van der Waals surface area contributed by atoms with Crippen LogP contribution in [-0.4, -0.2) is 56.6 Å². The highest BCUT2D eigenvalue weighted by Crippen LogP contribution is 2.39. The van der Waals surface area contributed by atoms with E-state index in [1.54, 1.807) is 0 Å². The highest BCUT2D eigenvalue weighted by Gasteiger charge is 2.51. The van der Waals surface area contributed by atoms with Crippen molar-refractivity contribution in [2.75, 3.05) is 13.6 Å².